The third kappa shape index (κ3) is 9.70. The summed E-state index contributed by atoms with van der Waals surface area (Å²) in [5.74, 6) is 0. The molecule has 8 heteroatoms. The summed E-state index contributed by atoms with van der Waals surface area (Å²) >= 11 is 0. The van der Waals surface area contributed by atoms with E-state index >= 15 is 0 Å². The number of benzene rings is 1. The number of hydrogen-bond donors (Lipinski definition) is 1. The second-order valence-electron chi connectivity index (χ2n) is 5.58. The van der Waals surface area contributed by atoms with E-state index in [2.05, 4.69) is 40.9 Å². The van der Waals surface area contributed by atoms with Crippen LogP contribution < -0.4 is 10.6 Å². The summed E-state index contributed by atoms with van der Waals surface area (Å²) in [6.07, 6.45) is 1.26. The number of nitrogens with two attached hydrogens (primary N) is 1. The van der Waals surface area contributed by atoms with Crippen molar-refractivity contribution >= 4 is 61.0 Å². The van der Waals surface area contributed by atoms with Gasteiger partial charge in [-0.2, -0.15) is 0 Å². The van der Waals surface area contributed by atoms with Crippen LogP contribution in [-0.4, -0.2) is 63.2 Å². The molecule has 0 radical (unpaired) electrons. The minimum absolute atomic E-state index is 0. The lowest BCUT2D eigenvalue weighted by atomic mass is 10.2. The lowest BCUT2D eigenvalue weighted by Gasteiger charge is -2.36. The molecule has 0 bridgehead atoms. The van der Waals surface area contributed by atoms with Crippen LogP contribution in [0.3, 0.4) is 0 Å². The van der Waals surface area contributed by atoms with Gasteiger partial charge >= 0.3 is 0 Å². The van der Waals surface area contributed by atoms with E-state index < -0.39 is 0 Å². The Hall–Kier alpha value is -0.1000. The summed E-state index contributed by atoms with van der Waals surface area (Å²) in [7, 11) is 4.28. The molecule has 2 N–H and O–H groups in total. The minimum atomic E-state index is 0. The molecule has 2 rings (SSSR count). The van der Waals surface area contributed by atoms with Gasteiger partial charge in [-0.3, -0.25) is 4.90 Å². The van der Waals surface area contributed by atoms with Gasteiger partial charge in [0.25, 0.3) is 0 Å². The van der Waals surface area contributed by atoms with Crippen molar-refractivity contribution in [3.8, 4) is 0 Å². The molecule has 23 heavy (non-hydrogen) atoms. The number of rotatable bonds is 5. The van der Waals surface area contributed by atoms with Crippen molar-refractivity contribution in [2.75, 3.05) is 64.0 Å². The van der Waals surface area contributed by atoms with Gasteiger partial charge in [0.05, 0.1) is 0 Å². The van der Waals surface area contributed by atoms with Crippen LogP contribution in [0.1, 0.15) is 6.42 Å². The Labute approximate surface area is 165 Å². The standard InChI is InChI=1S/C15H26N4.4ClH/c1-17(2)8-3-9-18-10-12-19(13-11-18)15-6-4-14(16)5-7-15;;;;/h4-7H,3,8-13,16H2,1-2H3;4*1H. The van der Waals surface area contributed by atoms with Gasteiger partial charge in [0.1, 0.15) is 0 Å². The average Bonchev–Trinajstić information content (AvgIpc) is 2.40. The summed E-state index contributed by atoms with van der Waals surface area (Å²) in [6, 6.07) is 8.21. The predicted octanol–water partition coefficient (Wildman–Crippen LogP) is 3.03. The summed E-state index contributed by atoms with van der Waals surface area (Å²) in [6.45, 7) is 6.96. The number of hydrogen-bond acceptors (Lipinski definition) is 4. The molecule has 1 saturated heterocycles. The van der Waals surface area contributed by atoms with Gasteiger partial charge < -0.3 is 15.5 Å². The molecule has 1 aromatic rings. The molecule has 1 heterocycles. The van der Waals surface area contributed by atoms with Crippen molar-refractivity contribution in [2.45, 2.75) is 6.42 Å². The van der Waals surface area contributed by atoms with E-state index in [1.807, 2.05) is 12.1 Å². The van der Waals surface area contributed by atoms with Crippen molar-refractivity contribution in [1.82, 2.24) is 9.80 Å². The molecule has 0 aliphatic carbocycles. The van der Waals surface area contributed by atoms with Crippen molar-refractivity contribution in [3.63, 3.8) is 0 Å². The van der Waals surface area contributed by atoms with Gasteiger partial charge in [-0.1, -0.05) is 0 Å². The fourth-order valence-electron chi connectivity index (χ4n) is 2.53. The van der Waals surface area contributed by atoms with E-state index in [-0.39, 0.29) is 49.6 Å². The summed E-state index contributed by atoms with van der Waals surface area (Å²) in [5, 5.41) is 0. The average molecular weight is 408 g/mol. The van der Waals surface area contributed by atoms with Gasteiger partial charge in [-0.05, 0) is 57.9 Å². The molecule has 0 spiro atoms. The van der Waals surface area contributed by atoms with E-state index in [0.717, 1.165) is 31.9 Å². The molecule has 1 aliphatic heterocycles. The van der Waals surface area contributed by atoms with Gasteiger partial charge in [0.15, 0.2) is 0 Å². The van der Waals surface area contributed by atoms with E-state index in [9.17, 15) is 0 Å². The zero-order chi connectivity index (χ0) is 13.7. The Balaban J connectivity index is -0.000001000. The summed E-state index contributed by atoms with van der Waals surface area (Å²) in [5.41, 5.74) is 7.86. The van der Waals surface area contributed by atoms with E-state index in [4.69, 9.17) is 5.73 Å². The van der Waals surface area contributed by atoms with Crippen molar-refractivity contribution in [2.24, 2.45) is 0 Å². The molecule has 1 aliphatic rings. The van der Waals surface area contributed by atoms with E-state index in [0.29, 0.717) is 0 Å². The largest absolute Gasteiger partial charge is 0.399 e. The lowest BCUT2D eigenvalue weighted by molar-refractivity contribution is 0.242. The Morgan fingerprint density at radius 3 is 1.91 bits per heavy atom. The lowest BCUT2D eigenvalue weighted by Crippen LogP contribution is -2.46. The van der Waals surface area contributed by atoms with Crippen LogP contribution in [0.4, 0.5) is 11.4 Å². The van der Waals surface area contributed by atoms with Gasteiger partial charge in [0, 0.05) is 37.6 Å². The SMILES string of the molecule is CN(C)CCCN1CCN(c2ccc(N)cc2)CC1.Cl.Cl.Cl.Cl. The molecule has 1 aromatic carbocycles. The maximum absolute atomic E-state index is 5.73. The van der Waals surface area contributed by atoms with E-state index in [1.165, 1.54) is 25.2 Å². The second-order valence-corrected chi connectivity index (χ2v) is 5.58. The molecule has 1 fully saturated rings. The normalized spacial score (nSPS) is 14.1. The maximum Gasteiger partial charge on any atom is 0.0368 e. The first-order valence-corrected chi connectivity index (χ1v) is 7.13. The number of nitrogens with zero attached hydrogens (tertiary/aromatic N) is 3. The Morgan fingerprint density at radius 2 is 1.43 bits per heavy atom. The van der Waals surface area contributed by atoms with Crippen molar-refractivity contribution < 1.29 is 0 Å². The first-order chi connectivity index (χ1) is 9.15. The Bertz CT molecular complexity index is 382. The number of anilines is 2. The molecule has 4 nitrogen and oxygen atoms in total. The molecule has 0 amide bonds. The zero-order valence-electron chi connectivity index (χ0n) is 13.8. The molecule has 0 atom stereocenters. The Morgan fingerprint density at radius 1 is 0.913 bits per heavy atom. The summed E-state index contributed by atoms with van der Waals surface area (Å²) in [4.78, 5) is 7.27. The number of nitrogen functional groups attached to an aromatic ring is 1. The van der Waals surface area contributed by atoms with Crippen LogP contribution in [0, 0.1) is 0 Å². The fourth-order valence-corrected chi connectivity index (χ4v) is 2.53. The van der Waals surface area contributed by atoms with Crippen molar-refractivity contribution in [3.05, 3.63) is 24.3 Å². The van der Waals surface area contributed by atoms with Gasteiger partial charge in [-0.25, -0.2) is 0 Å². The van der Waals surface area contributed by atoms with Crippen LogP contribution in [0.2, 0.25) is 0 Å². The second kappa shape index (κ2) is 14.3. The molecular formula is C15H30Cl4N4. The highest BCUT2D eigenvalue weighted by Gasteiger charge is 2.16. The van der Waals surface area contributed by atoms with Crippen LogP contribution in [-0.2, 0) is 0 Å². The predicted molar refractivity (Wildman–Crippen MR) is 112 cm³/mol. The van der Waals surface area contributed by atoms with Crippen LogP contribution >= 0.6 is 49.6 Å². The Kier molecular flexibility index (Phi) is 17.2. The minimum Gasteiger partial charge on any atom is -0.399 e. The highest BCUT2D eigenvalue weighted by atomic mass is 35.5. The van der Waals surface area contributed by atoms with Gasteiger partial charge in [0.2, 0.25) is 0 Å². The molecule has 0 aromatic heterocycles. The van der Waals surface area contributed by atoms with Crippen LogP contribution in [0.5, 0.6) is 0 Å². The molecule has 138 valence electrons. The maximum atomic E-state index is 5.73. The molecule has 0 saturated carbocycles. The quantitative estimate of drug-likeness (QED) is 0.761. The first kappa shape index (κ1) is 27.7. The molecular weight excluding hydrogens is 378 g/mol. The van der Waals surface area contributed by atoms with Crippen molar-refractivity contribution in [1.29, 1.82) is 0 Å². The topological polar surface area (TPSA) is 35.7 Å². The van der Waals surface area contributed by atoms with Crippen LogP contribution in [0.15, 0.2) is 24.3 Å². The zero-order valence-corrected chi connectivity index (χ0v) is 17.1. The number of halogens is 4. The van der Waals surface area contributed by atoms with Gasteiger partial charge in [-0.15, -0.1) is 49.6 Å². The highest BCUT2D eigenvalue weighted by Crippen LogP contribution is 2.18. The number of piperazine rings is 1. The third-order valence-electron chi connectivity index (χ3n) is 3.71. The molecule has 0 unspecified atom stereocenters. The smallest absolute Gasteiger partial charge is 0.0368 e. The monoisotopic (exact) mass is 406 g/mol. The van der Waals surface area contributed by atoms with E-state index in [1.54, 1.807) is 0 Å². The fraction of sp³-hybridized carbons (Fsp3) is 0.600. The van der Waals surface area contributed by atoms with Crippen LogP contribution in [0.25, 0.3) is 0 Å². The first-order valence-electron chi connectivity index (χ1n) is 7.13. The highest BCUT2D eigenvalue weighted by molar-refractivity contribution is 5.86. The summed E-state index contributed by atoms with van der Waals surface area (Å²) < 4.78 is 0. The third-order valence-corrected chi connectivity index (χ3v) is 3.71.